The number of carbonyl (C=O) groups is 3. The fourth-order valence-electron chi connectivity index (χ4n) is 3.38. The maximum absolute atomic E-state index is 12.7. The summed E-state index contributed by atoms with van der Waals surface area (Å²) < 4.78 is 0. The second-order valence-corrected chi connectivity index (χ2v) is 5.69. The van der Waals surface area contributed by atoms with Crippen LogP contribution in [0.2, 0.25) is 0 Å². The summed E-state index contributed by atoms with van der Waals surface area (Å²) >= 11 is 0. The van der Waals surface area contributed by atoms with Gasteiger partial charge >= 0.3 is 12.0 Å². The molecule has 2 fully saturated rings. The van der Waals surface area contributed by atoms with Crippen LogP contribution >= 0.6 is 0 Å². The van der Waals surface area contributed by atoms with Gasteiger partial charge in [-0.05, 0) is 24.7 Å². The van der Waals surface area contributed by atoms with E-state index >= 15 is 0 Å². The fourth-order valence-corrected chi connectivity index (χ4v) is 3.38. The van der Waals surface area contributed by atoms with Crippen molar-refractivity contribution >= 4 is 17.9 Å². The molecule has 6 nitrogen and oxygen atoms in total. The molecule has 1 saturated carbocycles. The fraction of sp³-hybridized carbons (Fsp3) is 0.643. The van der Waals surface area contributed by atoms with E-state index in [2.05, 4.69) is 5.32 Å². The third kappa shape index (κ3) is 2.19. The van der Waals surface area contributed by atoms with Crippen molar-refractivity contribution in [3.8, 4) is 0 Å². The molecule has 0 aromatic heterocycles. The molecular formula is C14H20N2O4. The number of hydrogen-bond donors (Lipinski definition) is 2. The second-order valence-electron chi connectivity index (χ2n) is 5.69. The van der Waals surface area contributed by atoms with Crippen LogP contribution in [0.4, 0.5) is 4.79 Å². The van der Waals surface area contributed by atoms with E-state index in [-0.39, 0.29) is 24.3 Å². The van der Waals surface area contributed by atoms with E-state index in [1.165, 1.54) is 6.08 Å². The summed E-state index contributed by atoms with van der Waals surface area (Å²) in [6.45, 7) is 3.98. The van der Waals surface area contributed by atoms with Crippen LogP contribution in [0.1, 0.15) is 33.1 Å². The number of urea groups is 1. The predicted molar refractivity (Wildman–Crippen MR) is 71.9 cm³/mol. The first-order chi connectivity index (χ1) is 9.39. The van der Waals surface area contributed by atoms with Gasteiger partial charge in [-0.2, -0.15) is 0 Å². The molecule has 0 radical (unpaired) electrons. The summed E-state index contributed by atoms with van der Waals surface area (Å²) in [5.41, 5.74) is -0.813. The average molecular weight is 280 g/mol. The third-order valence-electron chi connectivity index (χ3n) is 4.54. The number of nitrogens with zero attached hydrogens (tertiary/aromatic N) is 1. The predicted octanol–water partition coefficient (Wildman–Crippen LogP) is 1.37. The molecule has 1 aliphatic carbocycles. The van der Waals surface area contributed by atoms with E-state index in [1.54, 1.807) is 0 Å². The molecule has 2 unspecified atom stereocenters. The molecule has 1 saturated heterocycles. The van der Waals surface area contributed by atoms with Crippen LogP contribution in [0.5, 0.6) is 0 Å². The average Bonchev–Trinajstić information content (AvgIpc) is 2.61. The largest absolute Gasteiger partial charge is 0.478 e. The molecule has 1 heterocycles. The van der Waals surface area contributed by atoms with E-state index in [0.717, 1.165) is 30.2 Å². The molecule has 2 rings (SSSR count). The molecule has 2 atom stereocenters. The smallest absolute Gasteiger partial charge is 0.328 e. The van der Waals surface area contributed by atoms with Gasteiger partial charge in [0.2, 0.25) is 0 Å². The van der Waals surface area contributed by atoms with Crippen molar-refractivity contribution in [1.29, 1.82) is 0 Å². The minimum absolute atomic E-state index is 0.00183. The first-order valence-corrected chi connectivity index (χ1v) is 6.93. The standard InChI is InChI=1S/C14H20N2O4/c1-9-5-3-6-10(2)14(9)12(19)16(13(20)15-14)8-4-7-11(17)18/h4,7,9-10H,3,5-6,8H2,1-2H3,(H,15,20)(H,17,18). The van der Waals surface area contributed by atoms with Gasteiger partial charge in [0.05, 0.1) is 0 Å². The molecule has 2 aliphatic rings. The molecule has 0 aromatic rings. The second kappa shape index (κ2) is 5.26. The van der Waals surface area contributed by atoms with E-state index in [4.69, 9.17) is 5.11 Å². The van der Waals surface area contributed by atoms with Crippen molar-refractivity contribution in [2.24, 2.45) is 11.8 Å². The summed E-state index contributed by atoms with van der Waals surface area (Å²) in [6.07, 6.45) is 5.15. The van der Waals surface area contributed by atoms with E-state index < -0.39 is 17.5 Å². The first-order valence-electron chi connectivity index (χ1n) is 6.93. The van der Waals surface area contributed by atoms with E-state index in [1.807, 2.05) is 13.8 Å². The Labute approximate surface area is 117 Å². The zero-order valence-electron chi connectivity index (χ0n) is 11.8. The monoisotopic (exact) mass is 280 g/mol. The number of amides is 3. The van der Waals surface area contributed by atoms with Crippen molar-refractivity contribution in [3.63, 3.8) is 0 Å². The van der Waals surface area contributed by atoms with Crippen molar-refractivity contribution in [1.82, 2.24) is 10.2 Å². The number of hydrogen-bond acceptors (Lipinski definition) is 3. The van der Waals surface area contributed by atoms with Crippen LogP contribution < -0.4 is 5.32 Å². The van der Waals surface area contributed by atoms with Crippen LogP contribution in [0, 0.1) is 11.8 Å². The Hall–Kier alpha value is -1.85. The van der Waals surface area contributed by atoms with Gasteiger partial charge in [0.25, 0.3) is 5.91 Å². The van der Waals surface area contributed by atoms with E-state index in [9.17, 15) is 14.4 Å². The molecule has 0 bridgehead atoms. The highest BCUT2D eigenvalue weighted by Crippen LogP contribution is 2.42. The number of carboxylic acid groups (broad SMARTS) is 1. The minimum atomic E-state index is -1.09. The highest BCUT2D eigenvalue weighted by Gasteiger charge is 2.57. The topological polar surface area (TPSA) is 86.7 Å². The molecule has 20 heavy (non-hydrogen) atoms. The quantitative estimate of drug-likeness (QED) is 0.604. The minimum Gasteiger partial charge on any atom is -0.478 e. The van der Waals surface area contributed by atoms with Gasteiger partial charge < -0.3 is 10.4 Å². The van der Waals surface area contributed by atoms with Gasteiger partial charge in [0, 0.05) is 12.6 Å². The highest BCUT2D eigenvalue weighted by molar-refractivity contribution is 6.07. The van der Waals surface area contributed by atoms with Crippen LogP contribution in [0.25, 0.3) is 0 Å². The van der Waals surface area contributed by atoms with Crippen molar-refractivity contribution < 1.29 is 19.5 Å². The van der Waals surface area contributed by atoms with Gasteiger partial charge in [0.15, 0.2) is 0 Å². The van der Waals surface area contributed by atoms with Gasteiger partial charge in [-0.15, -0.1) is 0 Å². The van der Waals surface area contributed by atoms with Gasteiger partial charge in [-0.25, -0.2) is 9.59 Å². The zero-order chi connectivity index (χ0) is 14.9. The molecule has 6 heteroatoms. The van der Waals surface area contributed by atoms with Crippen molar-refractivity contribution in [2.45, 2.75) is 38.6 Å². The molecule has 1 spiro atoms. The maximum atomic E-state index is 12.7. The summed E-state index contributed by atoms with van der Waals surface area (Å²) in [7, 11) is 0. The summed E-state index contributed by atoms with van der Waals surface area (Å²) in [4.78, 5) is 36.2. The normalized spacial score (nSPS) is 34.0. The van der Waals surface area contributed by atoms with Crippen LogP contribution in [-0.4, -0.2) is 40.0 Å². The lowest BCUT2D eigenvalue weighted by molar-refractivity contribution is -0.136. The first kappa shape index (κ1) is 14.6. The Bertz CT molecular complexity index is 462. The molecule has 1 aliphatic heterocycles. The maximum Gasteiger partial charge on any atom is 0.328 e. The summed E-state index contributed by atoms with van der Waals surface area (Å²) in [6, 6.07) is -0.425. The van der Waals surface area contributed by atoms with E-state index in [0.29, 0.717) is 0 Å². The Morgan fingerprint density at radius 3 is 2.55 bits per heavy atom. The van der Waals surface area contributed by atoms with Gasteiger partial charge in [-0.1, -0.05) is 26.3 Å². The summed E-state index contributed by atoms with van der Waals surface area (Å²) in [5, 5.41) is 11.4. The molecule has 110 valence electrons. The van der Waals surface area contributed by atoms with Gasteiger partial charge in [0.1, 0.15) is 5.54 Å². The SMILES string of the molecule is CC1CCCC(C)C12NC(=O)N(CC=CC(=O)O)C2=O. The lowest BCUT2D eigenvalue weighted by Crippen LogP contribution is -2.58. The summed E-state index contributed by atoms with van der Waals surface area (Å²) in [5.74, 6) is -1.13. The molecule has 0 aromatic carbocycles. The molecular weight excluding hydrogens is 260 g/mol. The van der Waals surface area contributed by atoms with Crippen LogP contribution in [0.3, 0.4) is 0 Å². The number of carbonyl (C=O) groups excluding carboxylic acids is 2. The molecule has 2 N–H and O–H groups in total. The Kier molecular flexibility index (Phi) is 3.83. The Morgan fingerprint density at radius 1 is 1.40 bits per heavy atom. The highest BCUT2D eigenvalue weighted by atomic mass is 16.4. The van der Waals surface area contributed by atoms with Crippen molar-refractivity contribution in [2.75, 3.05) is 6.54 Å². The molecule has 3 amide bonds. The van der Waals surface area contributed by atoms with Gasteiger partial charge in [-0.3, -0.25) is 9.69 Å². The Morgan fingerprint density at radius 2 is 2.00 bits per heavy atom. The van der Waals surface area contributed by atoms with Crippen LogP contribution in [0.15, 0.2) is 12.2 Å². The lowest BCUT2D eigenvalue weighted by Gasteiger charge is -2.42. The number of carboxylic acids is 1. The number of rotatable bonds is 3. The third-order valence-corrected chi connectivity index (χ3v) is 4.54. The Balaban J connectivity index is 2.21. The lowest BCUT2D eigenvalue weighted by atomic mass is 9.67. The van der Waals surface area contributed by atoms with Crippen LogP contribution in [-0.2, 0) is 9.59 Å². The number of nitrogens with one attached hydrogen (secondary N) is 1. The van der Waals surface area contributed by atoms with Crippen molar-refractivity contribution in [3.05, 3.63) is 12.2 Å². The number of imide groups is 1. The zero-order valence-corrected chi connectivity index (χ0v) is 11.8. The number of aliphatic carboxylic acids is 1.